The molecule has 0 aliphatic carbocycles. The maximum atomic E-state index is 12.5. The Hall–Kier alpha value is -2.60. The van der Waals surface area contributed by atoms with Crippen LogP contribution in [-0.4, -0.2) is 5.78 Å². The fourth-order valence-corrected chi connectivity index (χ4v) is 1.95. The number of nitrogens with zero attached hydrogens (tertiary/aromatic N) is 1. The average molecular weight is 251 g/mol. The molecule has 0 amide bonds. The van der Waals surface area contributed by atoms with Crippen LogP contribution in [0.5, 0.6) is 5.75 Å². The Labute approximate surface area is 112 Å². The summed E-state index contributed by atoms with van der Waals surface area (Å²) in [5.41, 5.74) is 2.78. The number of hydrogen-bond acceptors (Lipinski definition) is 3. The van der Waals surface area contributed by atoms with Gasteiger partial charge in [-0.1, -0.05) is 35.9 Å². The first-order valence-corrected chi connectivity index (χ1v) is 5.90. The third kappa shape index (κ3) is 2.63. The van der Waals surface area contributed by atoms with Crippen molar-refractivity contribution < 1.29 is 9.53 Å². The van der Waals surface area contributed by atoms with Crippen molar-refractivity contribution in [3.8, 4) is 12.0 Å². The van der Waals surface area contributed by atoms with Crippen LogP contribution in [-0.2, 0) is 0 Å². The quantitative estimate of drug-likeness (QED) is 0.620. The predicted molar refractivity (Wildman–Crippen MR) is 72.0 cm³/mol. The lowest BCUT2D eigenvalue weighted by Gasteiger charge is -2.08. The van der Waals surface area contributed by atoms with Crippen LogP contribution in [0.15, 0.2) is 42.5 Å². The number of ether oxygens (including phenoxy) is 1. The Balaban J connectivity index is 2.50. The van der Waals surface area contributed by atoms with Crippen molar-refractivity contribution in [2.75, 3.05) is 0 Å². The highest BCUT2D eigenvalue weighted by Gasteiger charge is 2.16. The number of hydrogen-bond donors (Lipinski definition) is 0. The molecule has 0 bridgehead atoms. The molecule has 0 radical (unpaired) electrons. The summed E-state index contributed by atoms with van der Waals surface area (Å²) in [6.07, 6.45) is 1.63. The summed E-state index contributed by atoms with van der Waals surface area (Å²) in [6, 6.07) is 12.6. The molecule has 0 aliphatic rings. The van der Waals surface area contributed by atoms with Crippen molar-refractivity contribution in [2.24, 2.45) is 0 Å². The van der Waals surface area contributed by atoms with E-state index in [0.29, 0.717) is 16.9 Å². The van der Waals surface area contributed by atoms with Crippen molar-refractivity contribution in [3.63, 3.8) is 0 Å². The molecule has 0 aliphatic heterocycles. The van der Waals surface area contributed by atoms with Crippen molar-refractivity contribution >= 4 is 5.78 Å². The van der Waals surface area contributed by atoms with Crippen LogP contribution < -0.4 is 4.74 Å². The molecular weight excluding hydrogens is 238 g/mol. The van der Waals surface area contributed by atoms with E-state index in [1.165, 1.54) is 0 Å². The van der Waals surface area contributed by atoms with E-state index in [1.54, 1.807) is 37.4 Å². The lowest BCUT2D eigenvalue weighted by molar-refractivity contribution is 0.103. The van der Waals surface area contributed by atoms with Crippen molar-refractivity contribution in [3.05, 3.63) is 64.7 Å². The fourth-order valence-electron chi connectivity index (χ4n) is 1.95. The van der Waals surface area contributed by atoms with Gasteiger partial charge in [-0.3, -0.25) is 4.79 Å². The van der Waals surface area contributed by atoms with Crippen molar-refractivity contribution in [1.29, 1.82) is 5.26 Å². The van der Waals surface area contributed by atoms with E-state index in [1.807, 2.05) is 25.1 Å². The van der Waals surface area contributed by atoms with Crippen LogP contribution in [0.2, 0.25) is 0 Å². The third-order valence-electron chi connectivity index (χ3n) is 2.88. The summed E-state index contributed by atoms with van der Waals surface area (Å²) in [6.45, 7) is 3.74. The largest absolute Gasteiger partial charge is 0.387 e. The molecule has 0 heterocycles. The van der Waals surface area contributed by atoms with E-state index >= 15 is 0 Å². The summed E-state index contributed by atoms with van der Waals surface area (Å²) >= 11 is 0. The molecule has 3 nitrogen and oxygen atoms in total. The Kier molecular flexibility index (Phi) is 3.63. The van der Waals surface area contributed by atoms with Gasteiger partial charge in [-0.2, -0.15) is 0 Å². The Morgan fingerprint density at radius 2 is 1.89 bits per heavy atom. The van der Waals surface area contributed by atoms with E-state index in [4.69, 9.17) is 10.00 Å². The van der Waals surface area contributed by atoms with Gasteiger partial charge in [0.25, 0.3) is 6.26 Å². The van der Waals surface area contributed by atoms with Crippen LogP contribution in [0, 0.1) is 25.4 Å². The van der Waals surface area contributed by atoms with Gasteiger partial charge in [-0.15, -0.1) is 5.26 Å². The molecule has 19 heavy (non-hydrogen) atoms. The Morgan fingerprint density at radius 1 is 1.16 bits per heavy atom. The number of nitriles is 1. The van der Waals surface area contributed by atoms with Crippen molar-refractivity contribution in [2.45, 2.75) is 13.8 Å². The second-order valence-corrected chi connectivity index (χ2v) is 4.34. The zero-order valence-electron chi connectivity index (χ0n) is 10.8. The van der Waals surface area contributed by atoms with Gasteiger partial charge in [0.15, 0.2) is 11.5 Å². The minimum absolute atomic E-state index is 0.141. The Bertz CT molecular complexity index is 669. The highest BCUT2D eigenvalue weighted by Crippen LogP contribution is 2.26. The van der Waals surface area contributed by atoms with Crippen LogP contribution in [0.4, 0.5) is 0 Å². The van der Waals surface area contributed by atoms with Crippen LogP contribution in [0.25, 0.3) is 0 Å². The summed E-state index contributed by atoms with van der Waals surface area (Å²) in [4.78, 5) is 12.5. The highest BCUT2D eigenvalue weighted by molar-refractivity contribution is 6.11. The van der Waals surface area contributed by atoms with Gasteiger partial charge in [0, 0.05) is 5.56 Å². The second kappa shape index (κ2) is 5.36. The normalized spacial score (nSPS) is 9.74. The van der Waals surface area contributed by atoms with E-state index in [9.17, 15) is 4.79 Å². The van der Waals surface area contributed by atoms with Gasteiger partial charge in [0.1, 0.15) is 0 Å². The molecule has 2 rings (SSSR count). The summed E-state index contributed by atoms with van der Waals surface area (Å²) in [5, 5.41) is 8.68. The molecule has 0 fully saturated rings. The number of rotatable bonds is 3. The van der Waals surface area contributed by atoms with Gasteiger partial charge < -0.3 is 4.74 Å². The Morgan fingerprint density at radius 3 is 2.58 bits per heavy atom. The first-order chi connectivity index (χ1) is 9.13. The van der Waals surface area contributed by atoms with Crippen molar-refractivity contribution in [1.82, 2.24) is 0 Å². The van der Waals surface area contributed by atoms with Gasteiger partial charge in [0.05, 0.1) is 5.56 Å². The molecule has 0 unspecified atom stereocenters. The molecule has 0 aromatic heterocycles. The minimum atomic E-state index is -0.141. The molecule has 0 saturated heterocycles. The first-order valence-electron chi connectivity index (χ1n) is 5.90. The lowest BCUT2D eigenvalue weighted by Crippen LogP contribution is -2.05. The maximum Gasteiger partial charge on any atom is 0.292 e. The smallest absolute Gasteiger partial charge is 0.292 e. The summed E-state index contributed by atoms with van der Waals surface area (Å²) in [7, 11) is 0. The molecule has 0 atom stereocenters. The fraction of sp³-hybridized carbons (Fsp3) is 0.125. The number of ketones is 1. The van der Waals surface area contributed by atoms with Gasteiger partial charge in [-0.05, 0) is 31.5 Å². The molecule has 2 aromatic carbocycles. The monoisotopic (exact) mass is 251 g/mol. The van der Waals surface area contributed by atoms with E-state index in [2.05, 4.69) is 0 Å². The topological polar surface area (TPSA) is 50.1 Å². The summed E-state index contributed by atoms with van der Waals surface area (Å²) in [5.74, 6) is 0.189. The van der Waals surface area contributed by atoms with E-state index in [0.717, 1.165) is 11.1 Å². The molecule has 0 saturated carbocycles. The number of aryl methyl sites for hydroxylation is 2. The number of benzene rings is 2. The molecule has 0 spiro atoms. The minimum Gasteiger partial charge on any atom is -0.387 e. The van der Waals surface area contributed by atoms with Gasteiger partial charge in [0.2, 0.25) is 0 Å². The van der Waals surface area contributed by atoms with Gasteiger partial charge in [-0.25, -0.2) is 0 Å². The standard InChI is InChI=1S/C16H13NO2/c1-11-5-3-7-13(9-11)15(18)14-8-4-6-12(2)16(14)19-10-17/h3-9H,1-2H3. The third-order valence-corrected chi connectivity index (χ3v) is 2.88. The highest BCUT2D eigenvalue weighted by atomic mass is 16.5. The first kappa shape index (κ1) is 12.8. The molecule has 94 valence electrons. The zero-order valence-corrected chi connectivity index (χ0v) is 10.8. The van der Waals surface area contributed by atoms with Gasteiger partial charge >= 0.3 is 0 Å². The zero-order chi connectivity index (χ0) is 13.8. The number of carbonyl (C=O) groups excluding carboxylic acids is 1. The molecule has 2 aromatic rings. The SMILES string of the molecule is Cc1cccc(C(=O)c2cccc(C)c2OC#N)c1. The van der Waals surface area contributed by atoms with Crippen LogP contribution in [0.1, 0.15) is 27.0 Å². The molecule has 3 heteroatoms. The van der Waals surface area contributed by atoms with E-state index < -0.39 is 0 Å². The second-order valence-electron chi connectivity index (χ2n) is 4.34. The lowest BCUT2D eigenvalue weighted by atomic mass is 9.99. The van der Waals surface area contributed by atoms with Crippen LogP contribution >= 0.6 is 0 Å². The molecule has 0 N–H and O–H groups in total. The number of carbonyl (C=O) groups is 1. The number of para-hydroxylation sites is 1. The van der Waals surface area contributed by atoms with Crippen LogP contribution in [0.3, 0.4) is 0 Å². The summed E-state index contributed by atoms with van der Waals surface area (Å²) < 4.78 is 4.93. The average Bonchev–Trinajstić information content (AvgIpc) is 2.40. The maximum absolute atomic E-state index is 12.5. The predicted octanol–water partition coefficient (Wildman–Crippen LogP) is 3.39. The van der Waals surface area contributed by atoms with E-state index in [-0.39, 0.29) is 5.78 Å². The molecular formula is C16H13NO2.